The number of Topliss-reactive ketones (excluding diaryl/α,β-unsaturated/α-hetero) is 1. The highest BCUT2D eigenvalue weighted by Gasteiger charge is 2.63. The summed E-state index contributed by atoms with van der Waals surface area (Å²) in [6, 6.07) is 21.0. The van der Waals surface area contributed by atoms with E-state index in [-0.39, 0.29) is 5.78 Å². The topological polar surface area (TPSA) is 86.3 Å². The number of carbonyl (C=O) groups excluding carboxylic acids is 1. The fourth-order valence-corrected chi connectivity index (χ4v) is 5.40. The first kappa shape index (κ1) is 23.1. The molecule has 0 radical (unpaired) electrons. The summed E-state index contributed by atoms with van der Waals surface area (Å²) in [6.07, 6.45) is 3.70. The van der Waals surface area contributed by atoms with Crippen molar-refractivity contribution in [2.24, 2.45) is 5.41 Å². The Balaban J connectivity index is 1.80. The molecule has 0 spiro atoms. The number of ketones is 1. The van der Waals surface area contributed by atoms with Crippen molar-refractivity contribution in [1.82, 2.24) is 0 Å². The van der Waals surface area contributed by atoms with Crippen LogP contribution in [0.15, 0.2) is 72.8 Å². The van der Waals surface area contributed by atoms with E-state index in [1.807, 2.05) is 41.3 Å². The number of methoxy groups -OCH3 is 2. The normalized spacial score (nSPS) is 21.0. The van der Waals surface area contributed by atoms with E-state index in [0.717, 1.165) is 11.3 Å². The van der Waals surface area contributed by atoms with Gasteiger partial charge in [0.2, 0.25) is 0 Å². The third kappa shape index (κ3) is 3.40. The van der Waals surface area contributed by atoms with Crippen LogP contribution in [0.2, 0.25) is 0 Å². The Kier molecular flexibility index (Phi) is 5.70. The van der Waals surface area contributed by atoms with E-state index in [1.165, 1.54) is 38.5 Å². The van der Waals surface area contributed by atoms with E-state index in [4.69, 9.17) is 9.47 Å². The fourth-order valence-electron chi connectivity index (χ4n) is 5.40. The quantitative estimate of drug-likeness (QED) is 0.472. The second kappa shape index (κ2) is 8.87. The highest BCUT2D eigenvalue weighted by Crippen LogP contribution is 2.56. The first-order valence-electron chi connectivity index (χ1n) is 11.4. The molecule has 0 bridgehead atoms. The highest BCUT2D eigenvalue weighted by atomic mass is 19.1. The molecule has 7 heteroatoms. The van der Waals surface area contributed by atoms with Gasteiger partial charge in [-0.15, -0.1) is 0 Å². The van der Waals surface area contributed by atoms with Crippen LogP contribution in [0.5, 0.6) is 11.5 Å². The van der Waals surface area contributed by atoms with Crippen LogP contribution in [0.25, 0.3) is 6.08 Å². The molecule has 0 amide bonds. The van der Waals surface area contributed by atoms with Gasteiger partial charge in [-0.2, -0.15) is 10.5 Å². The van der Waals surface area contributed by atoms with Crippen LogP contribution in [-0.2, 0) is 0 Å². The van der Waals surface area contributed by atoms with Crippen molar-refractivity contribution in [3.63, 3.8) is 0 Å². The molecular formula is C29H22FN3O3. The minimum atomic E-state index is -1.61. The highest BCUT2D eigenvalue weighted by molar-refractivity contribution is 6.04. The number of anilines is 1. The molecule has 36 heavy (non-hydrogen) atoms. The summed E-state index contributed by atoms with van der Waals surface area (Å²) < 4.78 is 24.6. The van der Waals surface area contributed by atoms with E-state index < -0.39 is 29.2 Å². The second-order valence-corrected chi connectivity index (χ2v) is 8.80. The SMILES string of the molecule is COc1cc(OC)cc(C2C(C(=O)c3ccc(F)cc3)N3c4ccccc4C=CC3C2(C#N)C#N)c1. The maximum Gasteiger partial charge on any atom is 0.185 e. The Morgan fingerprint density at radius 1 is 0.972 bits per heavy atom. The average Bonchev–Trinajstić information content (AvgIpc) is 3.23. The monoisotopic (exact) mass is 479 g/mol. The number of para-hydroxylation sites is 1. The number of hydrogen-bond acceptors (Lipinski definition) is 6. The van der Waals surface area contributed by atoms with E-state index in [9.17, 15) is 19.7 Å². The largest absolute Gasteiger partial charge is 0.497 e. The van der Waals surface area contributed by atoms with Gasteiger partial charge in [0.1, 0.15) is 23.4 Å². The molecule has 5 rings (SSSR count). The van der Waals surface area contributed by atoms with Gasteiger partial charge in [-0.1, -0.05) is 30.4 Å². The van der Waals surface area contributed by atoms with Crippen molar-refractivity contribution in [3.8, 4) is 23.6 Å². The molecule has 1 saturated heterocycles. The van der Waals surface area contributed by atoms with Gasteiger partial charge in [0, 0.05) is 23.2 Å². The second-order valence-electron chi connectivity index (χ2n) is 8.80. The molecule has 2 heterocycles. The Bertz CT molecular complexity index is 1420. The third-order valence-corrected chi connectivity index (χ3v) is 7.05. The molecule has 0 aromatic heterocycles. The lowest BCUT2D eigenvalue weighted by Gasteiger charge is -2.35. The van der Waals surface area contributed by atoms with Gasteiger partial charge < -0.3 is 14.4 Å². The lowest BCUT2D eigenvalue weighted by atomic mass is 9.69. The number of benzene rings is 3. The van der Waals surface area contributed by atoms with Crippen molar-refractivity contribution in [2.75, 3.05) is 19.1 Å². The van der Waals surface area contributed by atoms with Crippen molar-refractivity contribution < 1.29 is 18.7 Å². The summed E-state index contributed by atoms with van der Waals surface area (Å²) in [5, 5.41) is 21.1. The zero-order valence-electron chi connectivity index (χ0n) is 19.7. The van der Waals surface area contributed by atoms with Gasteiger partial charge in [-0.05, 0) is 53.6 Å². The number of ether oxygens (including phenoxy) is 2. The van der Waals surface area contributed by atoms with Gasteiger partial charge in [0.25, 0.3) is 0 Å². The number of rotatable bonds is 5. The van der Waals surface area contributed by atoms with Crippen molar-refractivity contribution in [2.45, 2.75) is 18.0 Å². The summed E-state index contributed by atoms with van der Waals surface area (Å²) >= 11 is 0. The van der Waals surface area contributed by atoms with Crippen molar-refractivity contribution in [1.29, 1.82) is 10.5 Å². The van der Waals surface area contributed by atoms with E-state index in [1.54, 1.807) is 18.2 Å². The van der Waals surface area contributed by atoms with E-state index in [0.29, 0.717) is 22.6 Å². The maximum absolute atomic E-state index is 14.2. The molecule has 6 nitrogen and oxygen atoms in total. The number of carbonyl (C=O) groups is 1. The Hall–Kier alpha value is -4.62. The minimum absolute atomic E-state index is 0.290. The molecule has 0 N–H and O–H groups in total. The predicted octanol–water partition coefficient (Wildman–Crippen LogP) is 5.13. The summed E-state index contributed by atoms with van der Waals surface area (Å²) in [7, 11) is 3.02. The van der Waals surface area contributed by atoms with Gasteiger partial charge in [0.15, 0.2) is 11.2 Å². The Morgan fingerprint density at radius 3 is 2.22 bits per heavy atom. The van der Waals surface area contributed by atoms with Gasteiger partial charge >= 0.3 is 0 Å². The van der Waals surface area contributed by atoms with Crippen molar-refractivity contribution >= 4 is 17.5 Å². The van der Waals surface area contributed by atoms with Gasteiger partial charge in [0.05, 0.1) is 32.4 Å². The molecule has 1 fully saturated rings. The molecule has 0 aliphatic carbocycles. The van der Waals surface area contributed by atoms with E-state index >= 15 is 0 Å². The number of nitriles is 2. The summed E-state index contributed by atoms with van der Waals surface area (Å²) in [5.41, 5.74) is 0.868. The lowest BCUT2D eigenvalue weighted by molar-refractivity contribution is 0.0950. The molecule has 3 aromatic rings. The van der Waals surface area contributed by atoms with Crippen LogP contribution >= 0.6 is 0 Å². The molecule has 2 aliphatic heterocycles. The first-order chi connectivity index (χ1) is 17.5. The van der Waals surface area contributed by atoms with Gasteiger partial charge in [-0.3, -0.25) is 4.79 Å². The zero-order chi connectivity index (χ0) is 25.4. The fraction of sp³-hybridized carbons (Fsp3) is 0.207. The summed E-state index contributed by atoms with van der Waals surface area (Å²) in [6.45, 7) is 0. The Labute approximate surface area is 208 Å². The average molecular weight is 480 g/mol. The predicted molar refractivity (Wildman–Crippen MR) is 132 cm³/mol. The summed E-state index contributed by atoms with van der Waals surface area (Å²) in [4.78, 5) is 16.0. The number of halogens is 1. The minimum Gasteiger partial charge on any atom is -0.497 e. The van der Waals surface area contributed by atoms with Crippen LogP contribution in [0.4, 0.5) is 10.1 Å². The van der Waals surface area contributed by atoms with Crippen LogP contribution in [0.3, 0.4) is 0 Å². The van der Waals surface area contributed by atoms with Crippen LogP contribution < -0.4 is 14.4 Å². The maximum atomic E-state index is 14.2. The molecule has 0 saturated carbocycles. The number of fused-ring (bicyclic) bond motifs is 3. The molecular weight excluding hydrogens is 457 g/mol. The first-order valence-corrected chi connectivity index (χ1v) is 11.4. The smallest absolute Gasteiger partial charge is 0.185 e. The molecule has 3 atom stereocenters. The molecule has 3 aromatic carbocycles. The molecule has 3 unspecified atom stereocenters. The van der Waals surface area contributed by atoms with Crippen LogP contribution in [-0.4, -0.2) is 32.1 Å². The molecule has 178 valence electrons. The third-order valence-electron chi connectivity index (χ3n) is 7.05. The van der Waals surface area contributed by atoms with E-state index in [2.05, 4.69) is 12.1 Å². The standard InChI is InChI=1S/C29H22FN3O3/c1-35-22-13-20(14-23(15-22)36-2)26-27(28(34)19-7-10-21(30)11-8-19)33-24-6-4-3-5-18(24)9-12-25(33)29(26,16-31)17-32/h3-15,25-27H,1-2H3. The number of hydrogen-bond donors (Lipinski definition) is 0. The lowest BCUT2D eigenvalue weighted by Crippen LogP contribution is -2.44. The molecule has 2 aliphatic rings. The zero-order valence-corrected chi connectivity index (χ0v) is 19.7. The number of nitrogens with zero attached hydrogens (tertiary/aromatic N) is 3. The Morgan fingerprint density at radius 2 is 1.61 bits per heavy atom. The van der Waals surface area contributed by atoms with Crippen molar-refractivity contribution in [3.05, 3.63) is 95.3 Å². The van der Waals surface area contributed by atoms with Crippen LogP contribution in [0, 0.1) is 33.9 Å². The van der Waals surface area contributed by atoms with Crippen LogP contribution in [0.1, 0.15) is 27.4 Å². The van der Waals surface area contributed by atoms with Gasteiger partial charge in [-0.25, -0.2) is 4.39 Å². The summed E-state index contributed by atoms with van der Waals surface area (Å²) in [5.74, 6) is -0.690.